The molecule has 0 saturated carbocycles. The van der Waals surface area contributed by atoms with E-state index in [0.717, 1.165) is 12.0 Å². The van der Waals surface area contributed by atoms with Crippen molar-refractivity contribution in [3.05, 3.63) is 71.2 Å². The minimum atomic E-state index is -1.08. The Hall–Kier alpha value is -3.22. The highest BCUT2D eigenvalue weighted by atomic mass is 19.1. The number of allylic oxidation sites excluding steroid dienone is 4. The minimum absolute atomic E-state index is 0.0308. The number of hydrogen-bond acceptors (Lipinski definition) is 3. The van der Waals surface area contributed by atoms with E-state index in [1.807, 2.05) is 31.2 Å². The third-order valence-corrected chi connectivity index (χ3v) is 5.11. The summed E-state index contributed by atoms with van der Waals surface area (Å²) < 4.78 is 15.2. The molecule has 0 spiro atoms. The molecule has 1 unspecified atom stereocenters. The fourth-order valence-corrected chi connectivity index (χ4v) is 3.88. The van der Waals surface area contributed by atoms with Crippen molar-refractivity contribution in [3.8, 4) is 0 Å². The smallest absolute Gasteiger partial charge is 0.239 e. The second-order valence-corrected chi connectivity index (χ2v) is 6.81. The third kappa shape index (κ3) is 2.85. The number of carbonyl (C=O) groups is 2. The van der Waals surface area contributed by atoms with Crippen LogP contribution in [0.2, 0.25) is 0 Å². The van der Waals surface area contributed by atoms with E-state index >= 15 is 0 Å². The Bertz CT molecular complexity index is 975. The molecule has 1 aromatic carbocycles. The molecule has 0 saturated heterocycles. The fourth-order valence-electron chi connectivity index (χ4n) is 3.88. The van der Waals surface area contributed by atoms with Crippen LogP contribution in [-0.2, 0) is 9.59 Å². The van der Waals surface area contributed by atoms with Crippen molar-refractivity contribution < 1.29 is 14.0 Å². The minimum Gasteiger partial charge on any atom is -0.369 e. The van der Waals surface area contributed by atoms with Gasteiger partial charge in [-0.2, -0.15) is 5.10 Å². The van der Waals surface area contributed by atoms with E-state index in [9.17, 15) is 14.0 Å². The Balaban J connectivity index is 1.89. The second-order valence-electron chi connectivity index (χ2n) is 6.81. The number of amides is 2. The predicted octanol–water partition coefficient (Wildman–Crippen LogP) is 2.57. The van der Waals surface area contributed by atoms with Crippen LogP contribution in [0.15, 0.2) is 48.6 Å². The third-order valence-electron chi connectivity index (χ3n) is 5.11. The zero-order chi connectivity index (χ0) is 19.1. The molecule has 4 rings (SSSR count). The van der Waals surface area contributed by atoms with Gasteiger partial charge in [0.25, 0.3) is 0 Å². The van der Waals surface area contributed by atoms with Gasteiger partial charge < -0.3 is 11.1 Å². The summed E-state index contributed by atoms with van der Waals surface area (Å²) in [5.41, 5.74) is 7.65. The molecule has 2 aromatic rings. The lowest BCUT2D eigenvalue weighted by Crippen LogP contribution is -2.43. The number of rotatable bonds is 3. The van der Waals surface area contributed by atoms with E-state index in [2.05, 4.69) is 10.4 Å². The molecule has 2 heterocycles. The van der Waals surface area contributed by atoms with Gasteiger partial charge in [0, 0.05) is 11.5 Å². The first-order valence-corrected chi connectivity index (χ1v) is 8.75. The van der Waals surface area contributed by atoms with Gasteiger partial charge in [-0.05, 0) is 31.0 Å². The Kier molecular flexibility index (Phi) is 4.14. The van der Waals surface area contributed by atoms with E-state index in [0.29, 0.717) is 17.1 Å². The highest BCUT2D eigenvalue weighted by Gasteiger charge is 2.44. The standard InChI is InChI=1S/C20H19FN4O2/c1-11-15-16(12-7-9-13(21)10-8-12)17(18(22)26)20(27)23-19(15)25(24-11)14-5-3-2-4-6-14/h2-5,7-10,14,16-17H,6H2,1H3,(H2,22,26)(H,23,27)/t14?,16-,17+/m0/s1. The Morgan fingerprint density at radius 1 is 1.30 bits per heavy atom. The van der Waals surface area contributed by atoms with Gasteiger partial charge in [0.1, 0.15) is 17.6 Å². The van der Waals surface area contributed by atoms with Gasteiger partial charge in [-0.3, -0.25) is 9.59 Å². The van der Waals surface area contributed by atoms with E-state index in [1.165, 1.54) is 12.1 Å². The molecule has 7 heteroatoms. The predicted molar refractivity (Wildman–Crippen MR) is 98.5 cm³/mol. The van der Waals surface area contributed by atoms with Crippen molar-refractivity contribution in [2.45, 2.75) is 25.3 Å². The molecule has 1 aromatic heterocycles. The van der Waals surface area contributed by atoms with Crippen LogP contribution < -0.4 is 11.1 Å². The number of primary amides is 1. The number of aromatic nitrogens is 2. The normalized spacial score (nSPS) is 23.8. The lowest BCUT2D eigenvalue weighted by molar-refractivity contribution is -0.131. The number of anilines is 1. The molecule has 3 N–H and O–H groups in total. The molecule has 1 aliphatic carbocycles. The number of aryl methyl sites for hydroxylation is 1. The van der Waals surface area contributed by atoms with Crippen molar-refractivity contribution in [1.29, 1.82) is 0 Å². The van der Waals surface area contributed by atoms with Crippen LogP contribution in [0, 0.1) is 18.7 Å². The molecule has 6 nitrogen and oxygen atoms in total. The fraction of sp³-hybridized carbons (Fsp3) is 0.250. The maximum absolute atomic E-state index is 13.4. The number of halogens is 1. The molecular formula is C20H19FN4O2. The molecule has 1 aliphatic heterocycles. The summed E-state index contributed by atoms with van der Waals surface area (Å²) >= 11 is 0. The zero-order valence-electron chi connectivity index (χ0n) is 14.7. The van der Waals surface area contributed by atoms with Crippen LogP contribution in [0.25, 0.3) is 0 Å². The summed E-state index contributed by atoms with van der Waals surface area (Å²) in [6, 6.07) is 5.76. The summed E-state index contributed by atoms with van der Waals surface area (Å²) in [5, 5.41) is 7.45. The van der Waals surface area contributed by atoms with Crippen molar-refractivity contribution in [3.63, 3.8) is 0 Å². The molecule has 2 amide bonds. The molecule has 27 heavy (non-hydrogen) atoms. The van der Waals surface area contributed by atoms with Crippen LogP contribution in [-0.4, -0.2) is 21.6 Å². The quantitative estimate of drug-likeness (QED) is 0.818. The SMILES string of the molecule is Cc1nn(C2C=CC=CC2)c2c1[C@H](c1ccc(F)cc1)[C@H](C(N)=O)C(=O)N2. The summed E-state index contributed by atoms with van der Waals surface area (Å²) in [4.78, 5) is 24.8. The summed E-state index contributed by atoms with van der Waals surface area (Å²) in [6.07, 6.45) is 8.68. The van der Waals surface area contributed by atoms with E-state index in [4.69, 9.17) is 5.73 Å². The highest BCUT2D eigenvalue weighted by molar-refractivity contribution is 6.09. The number of carbonyl (C=O) groups excluding carboxylic acids is 2. The van der Waals surface area contributed by atoms with Gasteiger partial charge >= 0.3 is 0 Å². The lowest BCUT2D eigenvalue weighted by Gasteiger charge is -2.31. The average Bonchev–Trinajstić information content (AvgIpc) is 2.98. The molecule has 2 aliphatic rings. The molecule has 0 fully saturated rings. The number of hydrogen-bond donors (Lipinski definition) is 2. The van der Waals surface area contributed by atoms with Gasteiger partial charge in [0.05, 0.1) is 11.7 Å². The summed E-state index contributed by atoms with van der Waals surface area (Å²) in [5.74, 6) is -2.71. The topological polar surface area (TPSA) is 90.0 Å². The summed E-state index contributed by atoms with van der Waals surface area (Å²) in [7, 11) is 0. The number of fused-ring (bicyclic) bond motifs is 1. The van der Waals surface area contributed by atoms with Gasteiger partial charge in [-0.1, -0.05) is 36.4 Å². The van der Waals surface area contributed by atoms with Gasteiger partial charge in [0.15, 0.2) is 0 Å². The highest BCUT2D eigenvalue weighted by Crippen LogP contribution is 2.43. The second kappa shape index (κ2) is 6.50. The van der Waals surface area contributed by atoms with Gasteiger partial charge in [-0.15, -0.1) is 0 Å². The molecule has 138 valence electrons. The van der Waals surface area contributed by atoms with Crippen LogP contribution in [0.1, 0.15) is 35.2 Å². The number of nitrogens with one attached hydrogen (secondary N) is 1. The molecule has 0 radical (unpaired) electrons. The largest absolute Gasteiger partial charge is 0.369 e. The van der Waals surface area contributed by atoms with E-state index < -0.39 is 23.7 Å². The van der Waals surface area contributed by atoms with Crippen molar-refractivity contribution in [2.24, 2.45) is 11.7 Å². The van der Waals surface area contributed by atoms with Crippen LogP contribution in [0.3, 0.4) is 0 Å². The first kappa shape index (κ1) is 17.2. The first-order valence-electron chi connectivity index (χ1n) is 8.75. The van der Waals surface area contributed by atoms with Crippen LogP contribution in [0.4, 0.5) is 10.2 Å². The van der Waals surface area contributed by atoms with Crippen molar-refractivity contribution >= 4 is 17.6 Å². The van der Waals surface area contributed by atoms with Gasteiger partial charge in [0.2, 0.25) is 11.8 Å². The maximum Gasteiger partial charge on any atom is 0.239 e. The lowest BCUT2D eigenvalue weighted by atomic mass is 9.77. The average molecular weight is 366 g/mol. The first-order chi connectivity index (χ1) is 13.0. The van der Waals surface area contributed by atoms with Crippen LogP contribution >= 0.6 is 0 Å². The van der Waals surface area contributed by atoms with Crippen LogP contribution in [0.5, 0.6) is 0 Å². The molecule has 3 atom stereocenters. The monoisotopic (exact) mass is 366 g/mol. The number of benzene rings is 1. The van der Waals surface area contributed by atoms with E-state index in [1.54, 1.807) is 16.8 Å². The Morgan fingerprint density at radius 3 is 2.67 bits per heavy atom. The Morgan fingerprint density at radius 2 is 2.04 bits per heavy atom. The molecule has 0 bridgehead atoms. The number of nitrogens with zero attached hydrogens (tertiary/aromatic N) is 2. The number of nitrogens with two attached hydrogens (primary N) is 1. The zero-order valence-corrected chi connectivity index (χ0v) is 14.7. The Labute approximate surface area is 155 Å². The van der Waals surface area contributed by atoms with Crippen molar-refractivity contribution in [1.82, 2.24) is 9.78 Å². The molecular weight excluding hydrogens is 347 g/mol. The van der Waals surface area contributed by atoms with Gasteiger partial charge in [-0.25, -0.2) is 9.07 Å². The maximum atomic E-state index is 13.4. The summed E-state index contributed by atoms with van der Waals surface area (Å²) in [6.45, 7) is 1.84. The van der Waals surface area contributed by atoms with E-state index in [-0.39, 0.29) is 11.9 Å². The van der Waals surface area contributed by atoms with Crippen molar-refractivity contribution in [2.75, 3.05) is 5.32 Å².